The Labute approximate surface area is 138 Å². The number of nitrogens with zero attached hydrogens (tertiary/aromatic N) is 3. The van der Waals surface area contributed by atoms with Crippen molar-refractivity contribution in [1.29, 1.82) is 0 Å². The molecule has 1 atom stereocenters. The van der Waals surface area contributed by atoms with Gasteiger partial charge in [0.05, 0.1) is 24.9 Å². The minimum Gasteiger partial charge on any atom is -0.376 e. The first-order chi connectivity index (χ1) is 11.1. The Balaban J connectivity index is 1.70. The molecule has 0 N–H and O–H groups in total. The van der Waals surface area contributed by atoms with E-state index in [4.69, 9.17) is 9.84 Å². The Morgan fingerprint density at radius 3 is 2.96 bits per heavy atom. The van der Waals surface area contributed by atoms with Crippen molar-refractivity contribution in [2.75, 3.05) is 13.2 Å². The van der Waals surface area contributed by atoms with Gasteiger partial charge in [-0.3, -0.25) is 9.48 Å². The predicted molar refractivity (Wildman–Crippen MR) is 86.9 cm³/mol. The Kier molecular flexibility index (Phi) is 3.71. The fourth-order valence-corrected chi connectivity index (χ4v) is 4.07. The number of amides is 1. The highest BCUT2D eigenvalue weighted by atomic mass is 16.5. The number of aromatic nitrogens is 2. The molecule has 2 fully saturated rings. The summed E-state index contributed by atoms with van der Waals surface area (Å²) in [7, 11) is 0. The van der Waals surface area contributed by atoms with Gasteiger partial charge in [-0.2, -0.15) is 5.10 Å². The first kappa shape index (κ1) is 15.2. The average Bonchev–Trinajstić information content (AvgIpc) is 3.23. The van der Waals surface area contributed by atoms with Crippen LogP contribution < -0.4 is 0 Å². The molecule has 1 unspecified atom stereocenters. The lowest BCUT2D eigenvalue weighted by molar-refractivity contribution is -0.140. The lowest BCUT2D eigenvalue weighted by Gasteiger charge is -2.37. The summed E-state index contributed by atoms with van der Waals surface area (Å²) in [6, 6.07) is 0.150. The van der Waals surface area contributed by atoms with Crippen LogP contribution in [0.15, 0.2) is 0 Å². The monoisotopic (exact) mass is 317 g/mol. The smallest absolute Gasteiger partial charge is 0.229 e. The largest absolute Gasteiger partial charge is 0.376 e. The van der Waals surface area contributed by atoms with Crippen LogP contribution in [-0.2, 0) is 29.1 Å². The van der Waals surface area contributed by atoms with Gasteiger partial charge in [-0.25, -0.2) is 0 Å². The van der Waals surface area contributed by atoms with Crippen LogP contribution in [0.1, 0.15) is 68.9 Å². The fraction of sp³-hybridized carbons (Fsp3) is 0.778. The molecule has 1 saturated heterocycles. The molecule has 23 heavy (non-hydrogen) atoms. The van der Waals surface area contributed by atoms with Gasteiger partial charge < -0.3 is 9.64 Å². The molecule has 1 aliphatic carbocycles. The zero-order valence-corrected chi connectivity index (χ0v) is 14.3. The van der Waals surface area contributed by atoms with Gasteiger partial charge in [-0.1, -0.05) is 6.92 Å². The molecule has 1 aromatic heterocycles. The number of carbonyl (C=O) groups excluding carboxylic acids is 1. The molecule has 0 spiro atoms. The lowest BCUT2D eigenvalue weighted by atomic mass is 9.93. The summed E-state index contributed by atoms with van der Waals surface area (Å²) in [6.45, 7) is 7.46. The maximum absolute atomic E-state index is 13.0. The summed E-state index contributed by atoms with van der Waals surface area (Å²) in [5, 5.41) is 4.91. The zero-order chi connectivity index (χ0) is 16.0. The summed E-state index contributed by atoms with van der Waals surface area (Å²) in [6.07, 6.45) is 6.36. The molecule has 0 aromatic carbocycles. The number of fused-ring (bicyclic) bond motifs is 1. The van der Waals surface area contributed by atoms with Gasteiger partial charge in [0.2, 0.25) is 5.91 Å². The van der Waals surface area contributed by atoms with Gasteiger partial charge in [-0.15, -0.1) is 0 Å². The second kappa shape index (κ2) is 5.62. The molecule has 5 nitrogen and oxygen atoms in total. The molecule has 1 amide bonds. The number of hydrogen-bond donors (Lipinski definition) is 0. The van der Waals surface area contributed by atoms with Gasteiger partial charge in [0, 0.05) is 36.2 Å². The summed E-state index contributed by atoms with van der Waals surface area (Å²) in [5.74, 6) is 0.346. The van der Waals surface area contributed by atoms with E-state index in [0.717, 1.165) is 57.5 Å². The van der Waals surface area contributed by atoms with Gasteiger partial charge in [0.25, 0.3) is 0 Å². The first-order valence-electron chi connectivity index (χ1n) is 9.11. The van der Waals surface area contributed by atoms with E-state index < -0.39 is 0 Å². The number of ether oxygens (including phenoxy) is 1. The molecular formula is C18H27N3O2. The molecule has 0 bridgehead atoms. The molecule has 0 radical (unpaired) electrons. The normalized spacial score (nSPS) is 26.0. The van der Waals surface area contributed by atoms with Crippen molar-refractivity contribution in [3.63, 3.8) is 0 Å². The SMILES string of the molecule is CCn1nc(C2CCCCN2C(=O)C2(C)CC2)c2c1CCOC2. The first-order valence-corrected chi connectivity index (χ1v) is 9.11. The Morgan fingerprint density at radius 1 is 1.39 bits per heavy atom. The molecule has 126 valence electrons. The van der Waals surface area contributed by atoms with E-state index in [2.05, 4.69) is 23.4 Å². The van der Waals surface area contributed by atoms with Crippen LogP contribution in [0.2, 0.25) is 0 Å². The van der Waals surface area contributed by atoms with Crippen LogP contribution in [0.25, 0.3) is 0 Å². The van der Waals surface area contributed by atoms with Crippen LogP contribution in [0, 0.1) is 5.41 Å². The minimum absolute atomic E-state index is 0.0977. The predicted octanol–water partition coefficient (Wildman–Crippen LogP) is 2.83. The molecule has 1 aromatic rings. The highest BCUT2D eigenvalue weighted by Gasteiger charge is 2.49. The molecule has 2 aliphatic heterocycles. The van der Waals surface area contributed by atoms with E-state index >= 15 is 0 Å². The van der Waals surface area contributed by atoms with Gasteiger partial charge in [-0.05, 0) is 39.0 Å². The number of aryl methyl sites for hydroxylation is 1. The van der Waals surface area contributed by atoms with Crippen LogP contribution in [0.4, 0.5) is 0 Å². The molecule has 1 saturated carbocycles. The molecular weight excluding hydrogens is 290 g/mol. The number of rotatable bonds is 3. The van der Waals surface area contributed by atoms with Crippen molar-refractivity contribution in [1.82, 2.24) is 14.7 Å². The van der Waals surface area contributed by atoms with Crippen molar-refractivity contribution in [2.24, 2.45) is 5.41 Å². The quantitative estimate of drug-likeness (QED) is 0.861. The zero-order valence-electron chi connectivity index (χ0n) is 14.3. The van der Waals surface area contributed by atoms with E-state index in [0.29, 0.717) is 12.5 Å². The molecule has 5 heteroatoms. The summed E-state index contributed by atoms with van der Waals surface area (Å²) in [4.78, 5) is 15.1. The third-order valence-electron chi connectivity index (χ3n) is 5.82. The van der Waals surface area contributed by atoms with Crippen molar-refractivity contribution in [3.8, 4) is 0 Å². The summed E-state index contributed by atoms with van der Waals surface area (Å²) in [5.41, 5.74) is 3.59. The van der Waals surface area contributed by atoms with Gasteiger partial charge >= 0.3 is 0 Å². The van der Waals surface area contributed by atoms with Crippen LogP contribution in [0.5, 0.6) is 0 Å². The van der Waals surface area contributed by atoms with Crippen molar-refractivity contribution < 1.29 is 9.53 Å². The number of carbonyl (C=O) groups is 1. The number of hydrogen-bond acceptors (Lipinski definition) is 3. The maximum atomic E-state index is 13.0. The van der Waals surface area contributed by atoms with Gasteiger partial charge in [0.1, 0.15) is 0 Å². The topological polar surface area (TPSA) is 47.4 Å². The van der Waals surface area contributed by atoms with Crippen molar-refractivity contribution in [3.05, 3.63) is 17.0 Å². The average molecular weight is 317 g/mol. The van der Waals surface area contributed by atoms with E-state index in [1.165, 1.54) is 17.7 Å². The highest BCUT2D eigenvalue weighted by Crippen LogP contribution is 2.49. The number of piperidine rings is 1. The molecule has 3 heterocycles. The number of likely N-dealkylation sites (tertiary alicyclic amines) is 1. The molecule has 4 rings (SSSR count). The Hall–Kier alpha value is -1.36. The Morgan fingerprint density at radius 2 is 2.22 bits per heavy atom. The fourth-order valence-electron chi connectivity index (χ4n) is 4.07. The van der Waals surface area contributed by atoms with Crippen LogP contribution >= 0.6 is 0 Å². The second-order valence-corrected chi connectivity index (χ2v) is 7.50. The van der Waals surface area contributed by atoms with Gasteiger partial charge in [0.15, 0.2) is 0 Å². The highest BCUT2D eigenvalue weighted by molar-refractivity contribution is 5.85. The third-order valence-corrected chi connectivity index (χ3v) is 5.82. The van der Waals surface area contributed by atoms with Crippen molar-refractivity contribution >= 4 is 5.91 Å². The summed E-state index contributed by atoms with van der Waals surface area (Å²) >= 11 is 0. The standard InChI is InChI=1S/C18H27N3O2/c1-3-21-14-7-11-23-12-13(14)16(19-21)15-6-4-5-10-20(15)17(22)18(2)8-9-18/h15H,3-12H2,1-2H3. The lowest BCUT2D eigenvalue weighted by Crippen LogP contribution is -2.42. The Bertz CT molecular complexity index is 618. The second-order valence-electron chi connectivity index (χ2n) is 7.50. The third kappa shape index (κ3) is 2.49. The van der Waals surface area contributed by atoms with Crippen molar-refractivity contribution in [2.45, 2.75) is 71.6 Å². The van der Waals surface area contributed by atoms with Crippen LogP contribution in [0.3, 0.4) is 0 Å². The maximum Gasteiger partial charge on any atom is 0.229 e. The molecule has 3 aliphatic rings. The van der Waals surface area contributed by atoms with E-state index in [1.54, 1.807) is 0 Å². The van der Waals surface area contributed by atoms with E-state index in [9.17, 15) is 4.79 Å². The van der Waals surface area contributed by atoms with E-state index in [-0.39, 0.29) is 11.5 Å². The minimum atomic E-state index is -0.0977. The van der Waals surface area contributed by atoms with E-state index in [1.807, 2.05) is 0 Å². The summed E-state index contributed by atoms with van der Waals surface area (Å²) < 4.78 is 7.83. The van der Waals surface area contributed by atoms with Crippen LogP contribution in [-0.4, -0.2) is 33.7 Å².